The molecule has 1 unspecified atom stereocenters. The highest BCUT2D eigenvalue weighted by molar-refractivity contribution is 9.10. The number of aromatic nitrogens is 1. The van der Waals surface area contributed by atoms with Gasteiger partial charge in [-0.1, -0.05) is 12.8 Å². The van der Waals surface area contributed by atoms with Crippen LogP contribution in [0.25, 0.3) is 0 Å². The molecule has 1 aliphatic heterocycles. The molecule has 1 atom stereocenters. The highest BCUT2D eigenvalue weighted by Crippen LogP contribution is 2.40. The van der Waals surface area contributed by atoms with Crippen LogP contribution < -0.4 is 5.73 Å². The van der Waals surface area contributed by atoms with Crippen LogP contribution in [0.2, 0.25) is 0 Å². The van der Waals surface area contributed by atoms with Gasteiger partial charge in [0, 0.05) is 34.4 Å². The highest BCUT2D eigenvalue weighted by Gasteiger charge is 2.45. The predicted molar refractivity (Wildman–Crippen MR) is 85.6 cm³/mol. The van der Waals surface area contributed by atoms with E-state index in [1.807, 2.05) is 6.20 Å². The molecular formula is C16H24BrN3. The monoisotopic (exact) mass is 337 g/mol. The zero-order valence-electron chi connectivity index (χ0n) is 12.0. The second-order valence-electron chi connectivity index (χ2n) is 6.28. The van der Waals surface area contributed by atoms with Gasteiger partial charge in [0.1, 0.15) is 0 Å². The Labute approximate surface area is 130 Å². The lowest BCUT2D eigenvalue weighted by atomic mass is 9.84. The number of halogens is 1. The van der Waals surface area contributed by atoms with Crippen molar-refractivity contribution in [3.63, 3.8) is 0 Å². The minimum atomic E-state index is 0.205. The molecule has 2 fully saturated rings. The average Bonchev–Trinajstić information content (AvgIpc) is 3.12. The van der Waals surface area contributed by atoms with Gasteiger partial charge in [-0.2, -0.15) is 0 Å². The molecule has 0 spiro atoms. The summed E-state index contributed by atoms with van der Waals surface area (Å²) in [6.45, 7) is 2.48. The van der Waals surface area contributed by atoms with Gasteiger partial charge in [0.05, 0.1) is 0 Å². The number of likely N-dealkylation sites (tertiary alicyclic amines) is 1. The summed E-state index contributed by atoms with van der Waals surface area (Å²) in [5.74, 6) is 0. The normalized spacial score (nSPS) is 24.1. The molecule has 20 heavy (non-hydrogen) atoms. The molecular weight excluding hydrogens is 314 g/mol. The first-order chi connectivity index (χ1) is 9.71. The van der Waals surface area contributed by atoms with Crippen LogP contribution in [0.4, 0.5) is 0 Å². The largest absolute Gasteiger partial charge is 0.326 e. The SMILES string of the molecule is NC(Cc1ccc(Br)cn1)C1(N2CCCC2)CCCC1. The molecule has 1 saturated carbocycles. The molecule has 110 valence electrons. The van der Waals surface area contributed by atoms with Crippen molar-refractivity contribution in [2.24, 2.45) is 5.73 Å². The number of hydrogen-bond donors (Lipinski definition) is 1. The minimum absolute atomic E-state index is 0.205. The summed E-state index contributed by atoms with van der Waals surface area (Å²) in [4.78, 5) is 7.19. The van der Waals surface area contributed by atoms with Crippen LogP contribution in [0, 0.1) is 0 Å². The molecule has 3 rings (SSSR count). The summed E-state index contributed by atoms with van der Waals surface area (Å²) >= 11 is 3.44. The molecule has 2 aliphatic rings. The van der Waals surface area contributed by atoms with Gasteiger partial charge in [-0.15, -0.1) is 0 Å². The lowest BCUT2D eigenvalue weighted by Gasteiger charge is -2.43. The molecule has 1 aromatic heterocycles. The molecule has 0 aromatic carbocycles. The van der Waals surface area contributed by atoms with E-state index in [1.54, 1.807) is 0 Å². The Morgan fingerprint density at radius 3 is 2.50 bits per heavy atom. The molecule has 4 heteroatoms. The Morgan fingerprint density at radius 1 is 1.20 bits per heavy atom. The van der Waals surface area contributed by atoms with E-state index in [2.05, 4.69) is 37.9 Å². The average molecular weight is 338 g/mol. The Morgan fingerprint density at radius 2 is 1.90 bits per heavy atom. The molecule has 0 radical (unpaired) electrons. The number of nitrogens with zero attached hydrogens (tertiary/aromatic N) is 2. The topological polar surface area (TPSA) is 42.1 Å². The van der Waals surface area contributed by atoms with E-state index in [0.29, 0.717) is 0 Å². The van der Waals surface area contributed by atoms with E-state index >= 15 is 0 Å². The quantitative estimate of drug-likeness (QED) is 0.917. The fourth-order valence-electron chi connectivity index (χ4n) is 4.01. The van der Waals surface area contributed by atoms with Crippen LogP contribution in [0.5, 0.6) is 0 Å². The third kappa shape index (κ3) is 2.78. The molecule has 1 aliphatic carbocycles. The first kappa shape index (κ1) is 14.5. The number of nitrogens with two attached hydrogens (primary N) is 1. The molecule has 0 amide bonds. The lowest BCUT2D eigenvalue weighted by molar-refractivity contribution is 0.0918. The Balaban J connectivity index is 1.75. The van der Waals surface area contributed by atoms with Gasteiger partial charge >= 0.3 is 0 Å². The summed E-state index contributed by atoms with van der Waals surface area (Å²) in [6, 6.07) is 4.36. The summed E-state index contributed by atoms with van der Waals surface area (Å²) in [5.41, 5.74) is 8.03. The second kappa shape index (κ2) is 6.12. The van der Waals surface area contributed by atoms with Crippen LogP contribution in [0.15, 0.2) is 22.8 Å². The molecule has 1 saturated heterocycles. The Hall–Kier alpha value is -0.450. The number of pyridine rings is 1. The smallest absolute Gasteiger partial charge is 0.0420 e. The molecule has 3 nitrogen and oxygen atoms in total. The van der Waals surface area contributed by atoms with Gasteiger partial charge in [-0.25, -0.2) is 0 Å². The van der Waals surface area contributed by atoms with Gasteiger partial charge in [0.15, 0.2) is 0 Å². The van der Waals surface area contributed by atoms with Crippen molar-refractivity contribution in [3.8, 4) is 0 Å². The van der Waals surface area contributed by atoms with Crippen molar-refractivity contribution in [1.82, 2.24) is 9.88 Å². The molecule has 2 N–H and O–H groups in total. The van der Waals surface area contributed by atoms with Gasteiger partial charge in [0.25, 0.3) is 0 Å². The van der Waals surface area contributed by atoms with Crippen molar-refractivity contribution in [1.29, 1.82) is 0 Å². The predicted octanol–water partition coefficient (Wildman–Crippen LogP) is 3.12. The first-order valence-electron chi connectivity index (χ1n) is 7.82. The second-order valence-corrected chi connectivity index (χ2v) is 7.20. The van der Waals surface area contributed by atoms with E-state index < -0.39 is 0 Å². The van der Waals surface area contributed by atoms with E-state index in [4.69, 9.17) is 5.73 Å². The zero-order chi connectivity index (χ0) is 14.0. The van der Waals surface area contributed by atoms with Crippen LogP contribution in [-0.2, 0) is 6.42 Å². The zero-order valence-corrected chi connectivity index (χ0v) is 13.6. The number of rotatable bonds is 4. The van der Waals surface area contributed by atoms with Crippen LogP contribution in [0.1, 0.15) is 44.2 Å². The highest BCUT2D eigenvalue weighted by atomic mass is 79.9. The van der Waals surface area contributed by atoms with Crippen molar-refractivity contribution < 1.29 is 0 Å². The summed E-state index contributed by atoms with van der Waals surface area (Å²) in [7, 11) is 0. The third-order valence-corrected chi connectivity index (χ3v) is 5.58. The van der Waals surface area contributed by atoms with Gasteiger partial charge in [-0.05, 0) is 66.8 Å². The lowest BCUT2D eigenvalue weighted by Crippen LogP contribution is -2.58. The van der Waals surface area contributed by atoms with Crippen molar-refractivity contribution in [2.75, 3.05) is 13.1 Å². The fraction of sp³-hybridized carbons (Fsp3) is 0.688. The Kier molecular flexibility index (Phi) is 4.43. The van der Waals surface area contributed by atoms with Gasteiger partial charge < -0.3 is 5.73 Å². The molecule has 2 heterocycles. The molecule has 1 aromatic rings. The van der Waals surface area contributed by atoms with E-state index in [0.717, 1.165) is 16.6 Å². The maximum atomic E-state index is 6.67. The van der Waals surface area contributed by atoms with Crippen molar-refractivity contribution in [2.45, 2.75) is 56.5 Å². The minimum Gasteiger partial charge on any atom is -0.326 e. The standard InChI is InChI=1S/C16H24BrN3/c17-13-5-6-14(19-12-13)11-15(18)16(7-1-2-8-16)20-9-3-4-10-20/h5-6,12,15H,1-4,7-11,18H2. The fourth-order valence-corrected chi connectivity index (χ4v) is 4.25. The van der Waals surface area contributed by atoms with Crippen LogP contribution in [0.3, 0.4) is 0 Å². The van der Waals surface area contributed by atoms with Gasteiger partial charge in [0.2, 0.25) is 0 Å². The summed E-state index contributed by atoms with van der Waals surface area (Å²) in [6.07, 6.45) is 10.6. The number of hydrogen-bond acceptors (Lipinski definition) is 3. The van der Waals surface area contributed by atoms with E-state index in [1.165, 1.54) is 51.6 Å². The summed E-state index contributed by atoms with van der Waals surface area (Å²) < 4.78 is 1.03. The molecule has 0 bridgehead atoms. The first-order valence-corrected chi connectivity index (χ1v) is 8.61. The maximum absolute atomic E-state index is 6.67. The van der Waals surface area contributed by atoms with Gasteiger partial charge in [-0.3, -0.25) is 9.88 Å². The van der Waals surface area contributed by atoms with E-state index in [9.17, 15) is 0 Å². The third-order valence-electron chi connectivity index (χ3n) is 5.11. The van der Waals surface area contributed by atoms with Crippen molar-refractivity contribution >= 4 is 15.9 Å². The van der Waals surface area contributed by atoms with Crippen molar-refractivity contribution in [3.05, 3.63) is 28.5 Å². The van der Waals surface area contributed by atoms with Crippen LogP contribution in [-0.4, -0.2) is 34.6 Å². The maximum Gasteiger partial charge on any atom is 0.0420 e. The summed E-state index contributed by atoms with van der Waals surface area (Å²) in [5, 5.41) is 0. The van der Waals surface area contributed by atoms with E-state index in [-0.39, 0.29) is 11.6 Å². The Bertz CT molecular complexity index is 434. The van der Waals surface area contributed by atoms with Crippen LogP contribution >= 0.6 is 15.9 Å².